The van der Waals surface area contributed by atoms with Gasteiger partial charge in [-0.25, -0.2) is 4.39 Å². The fraction of sp³-hybridized carbons (Fsp3) is 0.182. The van der Waals surface area contributed by atoms with Gasteiger partial charge >= 0.3 is 0 Å². The van der Waals surface area contributed by atoms with Gasteiger partial charge in [-0.1, -0.05) is 36.4 Å². The van der Waals surface area contributed by atoms with Crippen molar-refractivity contribution in [2.45, 2.75) is 19.9 Å². The third-order valence-electron chi connectivity index (χ3n) is 4.15. The monoisotopic (exact) mass is 442 g/mol. The second-order valence-corrected chi connectivity index (χ2v) is 7.00. The van der Waals surface area contributed by atoms with Crippen LogP contribution in [0.2, 0.25) is 0 Å². The van der Waals surface area contributed by atoms with Crippen molar-refractivity contribution in [3.05, 3.63) is 82.3 Å². The fourth-order valence-corrected chi connectivity index (χ4v) is 3.16. The molecule has 4 nitrogen and oxygen atoms in total. The standard InChI is InChI=1S/C22H20BrFN2O2/c1-2-28-22-19(23)11-10-18(21(22)24)16-8-9-17(25-14-16)12-20(27)26-13-15-6-4-3-5-7-15/h3-11,14H,2,12-13H2,1H3,(H,26,27). The largest absolute Gasteiger partial charge is 0.490 e. The molecule has 0 saturated carbocycles. The summed E-state index contributed by atoms with van der Waals surface area (Å²) in [5.74, 6) is -0.367. The van der Waals surface area contributed by atoms with Crippen molar-refractivity contribution in [2.75, 3.05) is 6.61 Å². The highest BCUT2D eigenvalue weighted by atomic mass is 79.9. The molecule has 0 aliphatic carbocycles. The summed E-state index contributed by atoms with van der Waals surface area (Å²) in [6.07, 6.45) is 1.74. The van der Waals surface area contributed by atoms with Gasteiger partial charge in [0.25, 0.3) is 0 Å². The van der Waals surface area contributed by atoms with Crippen LogP contribution in [0.4, 0.5) is 4.39 Å². The highest BCUT2D eigenvalue weighted by molar-refractivity contribution is 9.10. The van der Waals surface area contributed by atoms with Crippen LogP contribution in [0.3, 0.4) is 0 Å². The number of carbonyl (C=O) groups excluding carboxylic acids is 1. The van der Waals surface area contributed by atoms with Crippen molar-refractivity contribution in [2.24, 2.45) is 0 Å². The van der Waals surface area contributed by atoms with Crippen LogP contribution in [0.1, 0.15) is 18.2 Å². The first-order valence-corrected chi connectivity index (χ1v) is 9.74. The lowest BCUT2D eigenvalue weighted by molar-refractivity contribution is -0.120. The number of nitrogens with one attached hydrogen (secondary N) is 1. The lowest BCUT2D eigenvalue weighted by Crippen LogP contribution is -2.24. The quantitative estimate of drug-likeness (QED) is 0.565. The van der Waals surface area contributed by atoms with Crippen LogP contribution in [-0.4, -0.2) is 17.5 Å². The first-order valence-electron chi connectivity index (χ1n) is 8.95. The number of pyridine rings is 1. The van der Waals surface area contributed by atoms with Crippen molar-refractivity contribution in [3.63, 3.8) is 0 Å². The number of carbonyl (C=O) groups is 1. The molecule has 2 aromatic carbocycles. The summed E-state index contributed by atoms with van der Waals surface area (Å²) < 4.78 is 20.7. The highest BCUT2D eigenvalue weighted by Crippen LogP contribution is 2.35. The van der Waals surface area contributed by atoms with Crippen molar-refractivity contribution in [1.29, 1.82) is 0 Å². The van der Waals surface area contributed by atoms with E-state index in [1.165, 1.54) is 0 Å². The van der Waals surface area contributed by atoms with E-state index in [1.54, 1.807) is 37.4 Å². The van der Waals surface area contributed by atoms with Gasteiger partial charge in [0.05, 0.1) is 17.5 Å². The summed E-state index contributed by atoms with van der Waals surface area (Å²) in [5.41, 5.74) is 2.69. The first kappa shape index (κ1) is 20.0. The zero-order valence-electron chi connectivity index (χ0n) is 15.4. The number of rotatable bonds is 7. The van der Waals surface area contributed by atoms with Crippen LogP contribution >= 0.6 is 15.9 Å². The lowest BCUT2D eigenvalue weighted by atomic mass is 10.1. The van der Waals surface area contributed by atoms with Crippen molar-refractivity contribution in [1.82, 2.24) is 10.3 Å². The van der Waals surface area contributed by atoms with Crippen molar-refractivity contribution in [3.8, 4) is 16.9 Å². The molecule has 3 rings (SSSR count). The number of hydrogen-bond acceptors (Lipinski definition) is 3. The third-order valence-corrected chi connectivity index (χ3v) is 4.77. The van der Waals surface area contributed by atoms with Gasteiger partial charge in [-0.2, -0.15) is 0 Å². The molecule has 1 amide bonds. The second kappa shape index (κ2) is 9.46. The van der Waals surface area contributed by atoms with Gasteiger partial charge in [0.2, 0.25) is 5.91 Å². The average Bonchev–Trinajstić information content (AvgIpc) is 2.71. The summed E-state index contributed by atoms with van der Waals surface area (Å²) >= 11 is 3.30. The Labute approximate surface area is 171 Å². The van der Waals surface area contributed by atoms with Crippen LogP contribution in [0.25, 0.3) is 11.1 Å². The Balaban J connectivity index is 1.67. The van der Waals surface area contributed by atoms with Crippen LogP contribution in [0.15, 0.2) is 65.3 Å². The number of benzene rings is 2. The van der Waals surface area contributed by atoms with Crippen LogP contribution in [0.5, 0.6) is 5.75 Å². The minimum absolute atomic E-state index is 0.113. The number of halogens is 2. The lowest BCUT2D eigenvalue weighted by Gasteiger charge is -2.11. The van der Waals surface area contributed by atoms with E-state index in [1.807, 2.05) is 30.3 Å². The Morgan fingerprint density at radius 2 is 1.93 bits per heavy atom. The molecule has 1 N–H and O–H groups in total. The van der Waals surface area contributed by atoms with Gasteiger partial charge in [-0.05, 0) is 46.6 Å². The Kier molecular flexibility index (Phi) is 6.76. The average molecular weight is 443 g/mol. The van der Waals surface area contributed by atoms with Crippen LogP contribution < -0.4 is 10.1 Å². The third kappa shape index (κ3) is 4.95. The van der Waals surface area contributed by atoms with Gasteiger partial charge in [0.1, 0.15) is 0 Å². The maximum Gasteiger partial charge on any atom is 0.226 e. The molecule has 0 atom stereocenters. The maximum absolute atomic E-state index is 14.7. The molecular formula is C22H20BrFN2O2. The van der Waals surface area contributed by atoms with E-state index in [9.17, 15) is 9.18 Å². The summed E-state index contributed by atoms with van der Waals surface area (Å²) in [6.45, 7) is 2.65. The van der Waals surface area contributed by atoms with E-state index in [0.717, 1.165) is 5.56 Å². The van der Waals surface area contributed by atoms with Crippen molar-refractivity contribution >= 4 is 21.8 Å². The van der Waals surface area contributed by atoms with E-state index in [0.29, 0.717) is 34.4 Å². The molecule has 0 unspecified atom stereocenters. The van der Waals surface area contributed by atoms with Gasteiger partial charge in [0.15, 0.2) is 11.6 Å². The Morgan fingerprint density at radius 3 is 2.61 bits per heavy atom. The Morgan fingerprint density at radius 1 is 1.14 bits per heavy atom. The molecule has 0 bridgehead atoms. The normalized spacial score (nSPS) is 10.5. The summed E-state index contributed by atoms with van der Waals surface area (Å²) in [5, 5.41) is 2.87. The number of aromatic nitrogens is 1. The first-order chi connectivity index (χ1) is 13.6. The fourth-order valence-electron chi connectivity index (χ4n) is 2.74. The molecule has 0 spiro atoms. The minimum atomic E-state index is -0.439. The smallest absolute Gasteiger partial charge is 0.226 e. The molecule has 6 heteroatoms. The highest BCUT2D eigenvalue weighted by Gasteiger charge is 2.15. The molecular weight excluding hydrogens is 423 g/mol. The maximum atomic E-state index is 14.7. The van der Waals surface area contributed by atoms with Gasteiger partial charge in [0, 0.05) is 29.6 Å². The number of hydrogen-bond donors (Lipinski definition) is 1. The number of amides is 1. The summed E-state index contributed by atoms with van der Waals surface area (Å²) in [7, 11) is 0. The molecule has 0 radical (unpaired) electrons. The molecule has 28 heavy (non-hydrogen) atoms. The Hall–Kier alpha value is -2.73. The predicted octanol–water partition coefficient (Wildman–Crippen LogP) is 4.91. The molecule has 0 aliphatic heterocycles. The van der Waals surface area contributed by atoms with E-state index >= 15 is 0 Å². The summed E-state index contributed by atoms with van der Waals surface area (Å²) in [4.78, 5) is 16.4. The van der Waals surface area contributed by atoms with Crippen molar-refractivity contribution < 1.29 is 13.9 Å². The zero-order chi connectivity index (χ0) is 19.9. The molecule has 1 aromatic heterocycles. The van der Waals surface area contributed by atoms with E-state index in [2.05, 4.69) is 26.2 Å². The Bertz CT molecular complexity index is 947. The second-order valence-electron chi connectivity index (χ2n) is 6.15. The number of nitrogens with zero attached hydrogens (tertiary/aromatic N) is 1. The van der Waals surface area contributed by atoms with Crippen LogP contribution in [0, 0.1) is 5.82 Å². The van der Waals surface area contributed by atoms with Gasteiger partial charge in [-0.15, -0.1) is 0 Å². The van der Waals surface area contributed by atoms with E-state index in [-0.39, 0.29) is 18.1 Å². The zero-order valence-corrected chi connectivity index (χ0v) is 17.0. The molecule has 3 aromatic rings. The van der Waals surface area contributed by atoms with Gasteiger partial charge < -0.3 is 10.1 Å². The number of ether oxygens (including phenoxy) is 1. The molecule has 0 saturated heterocycles. The van der Waals surface area contributed by atoms with Gasteiger partial charge in [-0.3, -0.25) is 9.78 Å². The minimum Gasteiger partial charge on any atom is -0.490 e. The molecule has 0 aliphatic rings. The van der Waals surface area contributed by atoms with E-state index in [4.69, 9.17) is 4.74 Å². The topological polar surface area (TPSA) is 51.2 Å². The predicted molar refractivity (Wildman–Crippen MR) is 110 cm³/mol. The SMILES string of the molecule is CCOc1c(Br)ccc(-c2ccc(CC(=O)NCc3ccccc3)nc2)c1F. The molecule has 1 heterocycles. The summed E-state index contributed by atoms with van der Waals surface area (Å²) in [6, 6.07) is 16.6. The van der Waals surface area contributed by atoms with E-state index < -0.39 is 5.82 Å². The van der Waals surface area contributed by atoms with Crippen LogP contribution in [-0.2, 0) is 17.8 Å². The molecule has 0 fully saturated rings. The molecule has 144 valence electrons.